The van der Waals surface area contributed by atoms with Crippen molar-refractivity contribution in [2.24, 2.45) is 5.92 Å². The molecule has 0 saturated heterocycles. The molecule has 5 heteroatoms. The number of ether oxygens (including phenoxy) is 2. The predicted molar refractivity (Wildman–Crippen MR) is 93.5 cm³/mol. The Morgan fingerprint density at radius 2 is 2.20 bits per heavy atom. The first kappa shape index (κ1) is 17.3. The molecular weight excluding hydrogens is 318 g/mol. The molecule has 0 fully saturated rings. The van der Waals surface area contributed by atoms with Crippen LogP contribution in [-0.4, -0.2) is 17.7 Å². The lowest BCUT2D eigenvalue weighted by Gasteiger charge is -2.17. The van der Waals surface area contributed by atoms with Crippen molar-refractivity contribution < 1.29 is 18.8 Å². The number of hydrogen-bond donors (Lipinski definition) is 0. The zero-order valence-electron chi connectivity index (χ0n) is 14.7. The molecule has 1 aromatic heterocycles. The summed E-state index contributed by atoms with van der Waals surface area (Å²) in [4.78, 5) is 12.3. The van der Waals surface area contributed by atoms with Gasteiger partial charge in [0.15, 0.2) is 0 Å². The van der Waals surface area contributed by atoms with Crippen LogP contribution in [0.15, 0.2) is 40.9 Å². The predicted octanol–water partition coefficient (Wildman–Crippen LogP) is 4.38. The maximum absolute atomic E-state index is 12.3. The van der Waals surface area contributed by atoms with Crippen molar-refractivity contribution >= 4 is 5.97 Å². The Morgan fingerprint density at radius 1 is 1.32 bits per heavy atom. The summed E-state index contributed by atoms with van der Waals surface area (Å²) < 4.78 is 16.4. The second kappa shape index (κ2) is 8.01. The zero-order chi connectivity index (χ0) is 17.6. The highest BCUT2D eigenvalue weighted by Gasteiger charge is 2.15. The van der Waals surface area contributed by atoms with Gasteiger partial charge in [0, 0.05) is 0 Å². The smallest absolute Gasteiger partial charge is 0.338 e. The van der Waals surface area contributed by atoms with Crippen LogP contribution in [0.4, 0.5) is 0 Å². The molecule has 0 N–H and O–H groups in total. The highest BCUT2D eigenvalue weighted by molar-refractivity contribution is 5.89. The van der Waals surface area contributed by atoms with E-state index >= 15 is 0 Å². The van der Waals surface area contributed by atoms with Crippen molar-refractivity contribution in [3.63, 3.8) is 0 Å². The molecule has 5 nitrogen and oxygen atoms in total. The van der Waals surface area contributed by atoms with Gasteiger partial charge in [-0.3, -0.25) is 0 Å². The molecule has 1 aliphatic carbocycles. The van der Waals surface area contributed by atoms with E-state index in [1.54, 1.807) is 18.2 Å². The fraction of sp³-hybridized carbons (Fsp3) is 0.400. The molecule has 0 aliphatic heterocycles. The van der Waals surface area contributed by atoms with Gasteiger partial charge in [-0.25, -0.2) is 4.79 Å². The molecule has 2 aromatic rings. The Bertz CT molecular complexity index is 743. The van der Waals surface area contributed by atoms with Crippen LogP contribution in [0.1, 0.15) is 46.6 Å². The van der Waals surface area contributed by atoms with Crippen molar-refractivity contribution in [2.45, 2.75) is 39.7 Å². The number of aryl methyl sites for hydroxylation is 2. The van der Waals surface area contributed by atoms with Crippen LogP contribution in [0.2, 0.25) is 0 Å². The van der Waals surface area contributed by atoms with Gasteiger partial charge in [0.05, 0.1) is 23.4 Å². The van der Waals surface area contributed by atoms with Crippen LogP contribution < -0.4 is 4.74 Å². The lowest BCUT2D eigenvalue weighted by molar-refractivity contribution is 0.0431. The third kappa shape index (κ3) is 4.50. The van der Waals surface area contributed by atoms with E-state index in [4.69, 9.17) is 14.0 Å². The summed E-state index contributed by atoms with van der Waals surface area (Å²) in [5.41, 5.74) is 2.25. The minimum Gasteiger partial charge on any atom is -0.489 e. The molecule has 1 heterocycles. The number of hydrogen-bond acceptors (Lipinski definition) is 5. The van der Waals surface area contributed by atoms with Crippen molar-refractivity contribution in [1.82, 2.24) is 5.16 Å². The van der Waals surface area contributed by atoms with Gasteiger partial charge in [0.25, 0.3) is 0 Å². The molecule has 1 atom stereocenters. The van der Waals surface area contributed by atoms with Crippen LogP contribution in [-0.2, 0) is 11.3 Å². The Balaban J connectivity index is 1.57. The Labute approximate surface area is 147 Å². The summed E-state index contributed by atoms with van der Waals surface area (Å²) in [6.45, 7) is 4.55. The van der Waals surface area contributed by atoms with Gasteiger partial charge in [-0.2, -0.15) is 0 Å². The summed E-state index contributed by atoms with van der Waals surface area (Å²) in [5, 5.41) is 3.91. The van der Waals surface area contributed by atoms with Gasteiger partial charge in [0.1, 0.15) is 18.1 Å². The van der Waals surface area contributed by atoms with Crippen LogP contribution in [0.3, 0.4) is 0 Å². The number of carbonyl (C=O) groups excluding carboxylic acids is 1. The second-order valence-corrected chi connectivity index (χ2v) is 6.37. The van der Waals surface area contributed by atoms with Crippen molar-refractivity contribution in [2.75, 3.05) is 6.61 Å². The van der Waals surface area contributed by atoms with Crippen molar-refractivity contribution in [3.05, 3.63) is 59.0 Å². The van der Waals surface area contributed by atoms with Gasteiger partial charge < -0.3 is 14.0 Å². The molecule has 0 amide bonds. The largest absolute Gasteiger partial charge is 0.489 e. The fourth-order valence-corrected chi connectivity index (χ4v) is 2.86. The quantitative estimate of drug-likeness (QED) is 0.576. The van der Waals surface area contributed by atoms with E-state index in [1.165, 1.54) is 0 Å². The lowest BCUT2D eigenvalue weighted by Crippen LogP contribution is -2.15. The number of nitrogens with zero attached hydrogens (tertiary/aromatic N) is 1. The number of allylic oxidation sites excluding steroid dienone is 2. The first-order valence-electron chi connectivity index (χ1n) is 8.60. The minimum atomic E-state index is -0.308. The molecule has 1 unspecified atom stereocenters. The summed E-state index contributed by atoms with van der Waals surface area (Å²) in [6, 6.07) is 7.07. The van der Waals surface area contributed by atoms with Gasteiger partial charge >= 0.3 is 5.97 Å². The fourth-order valence-electron chi connectivity index (χ4n) is 2.86. The summed E-state index contributed by atoms with van der Waals surface area (Å²) >= 11 is 0. The normalized spacial score (nSPS) is 16.6. The maximum Gasteiger partial charge on any atom is 0.338 e. The van der Waals surface area contributed by atoms with Crippen LogP contribution >= 0.6 is 0 Å². The van der Waals surface area contributed by atoms with E-state index in [-0.39, 0.29) is 5.97 Å². The highest BCUT2D eigenvalue weighted by atomic mass is 16.5. The lowest BCUT2D eigenvalue weighted by atomic mass is 9.95. The first-order valence-corrected chi connectivity index (χ1v) is 8.60. The highest BCUT2D eigenvalue weighted by Crippen LogP contribution is 2.21. The van der Waals surface area contributed by atoms with Gasteiger partial charge in [-0.1, -0.05) is 23.4 Å². The minimum absolute atomic E-state index is 0.308. The summed E-state index contributed by atoms with van der Waals surface area (Å²) in [6.07, 6.45) is 7.45. The van der Waals surface area contributed by atoms with Gasteiger partial charge in [-0.15, -0.1) is 0 Å². The molecular formula is C20H23NO4. The van der Waals surface area contributed by atoms with Crippen molar-refractivity contribution in [1.29, 1.82) is 0 Å². The Morgan fingerprint density at radius 3 is 2.92 bits per heavy atom. The number of carbonyl (C=O) groups is 1. The molecule has 0 saturated carbocycles. The third-order valence-electron chi connectivity index (χ3n) is 4.46. The number of rotatable bonds is 6. The third-order valence-corrected chi connectivity index (χ3v) is 4.46. The monoisotopic (exact) mass is 341 g/mol. The Kier molecular flexibility index (Phi) is 5.53. The van der Waals surface area contributed by atoms with E-state index < -0.39 is 0 Å². The van der Waals surface area contributed by atoms with E-state index in [2.05, 4.69) is 17.3 Å². The summed E-state index contributed by atoms with van der Waals surface area (Å²) in [5.74, 6) is 1.48. The van der Waals surface area contributed by atoms with Crippen LogP contribution in [0, 0.1) is 19.8 Å². The number of aromatic nitrogens is 1. The Hall–Kier alpha value is -2.56. The average molecular weight is 341 g/mol. The van der Waals surface area contributed by atoms with Gasteiger partial charge in [-0.05, 0) is 57.2 Å². The molecule has 25 heavy (non-hydrogen) atoms. The molecule has 0 radical (unpaired) electrons. The molecule has 1 aromatic carbocycles. The molecule has 3 rings (SSSR count). The SMILES string of the molecule is Cc1noc(C)c1COc1cccc(C(=O)OCC2CC=CCC2)c1. The molecule has 132 valence electrons. The molecule has 1 aliphatic rings. The number of esters is 1. The van der Waals surface area contributed by atoms with E-state index in [0.29, 0.717) is 30.4 Å². The van der Waals surface area contributed by atoms with E-state index in [1.807, 2.05) is 19.9 Å². The zero-order valence-corrected chi connectivity index (χ0v) is 14.7. The number of benzene rings is 1. The summed E-state index contributed by atoms with van der Waals surface area (Å²) in [7, 11) is 0. The standard InChI is InChI=1S/C20H23NO4/c1-14-19(15(2)25-21-14)13-23-18-10-6-9-17(11-18)20(22)24-12-16-7-4-3-5-8-16/h3-4,6,9-11,16H,5,7-8,12-13H2,1-2H3. The molecule has 0 spiro atoms. The maximum atomic E-state index is 12.3. The first-order chi connectivity index (χ1) is 12.1. The van der Waals surface area contributed by atoms with Crippen LogP contribution in [0.25, 0.3) is 0 Å². The van der Waals surface area contributed by atoms with Crippen LogP contribution in [0.5, 0.6) is 5.75 Å². The average Bonchev–Trinajstić information content (AvgIpc) is 2.97. The molecule has 0 bridgehead atoms. The second-order valence-electron chi connectivity index (χ2n) is 6.37. The van der Waals surface area contributed by atoms with E-state index in [9.17, 15) is 4.79 Å². The van der Waals surface area contributed by atoms with E-state index in [0.717, 1.165) is 36.3 Å². The van der Waals surface area contributed by atoms with Crippen molar-refractivity contribution in [3.8, 4) is 5.75 Å². The topological polar surface area (TPSA) is 61.6 Å². The van der Waals surface area contributed by atoms with Gasteiger partial charge in [0.2, 0.25) is 0 Å².